The Morgan fingerprint density at radius 2 is 1.73 bits per heavy atom. The molecule has 0 aromatic heterocycles. The molecule has 0 saturated carbocycles. The first-order valence-electron chi connectivity index (χ1n) is 3.93. The largest absolute Gasteiger partial charge is 0.392 e. The molecular weight excluding hydrogens is 152 g/mol. The van der Waals surface area contributed by atoms with E-state index in [1.165, 1.54) is 5.19 Å². The monoisotopic (exact) mass is 166 g/mol. The summed E-state index contributed by atoms with van der Waals surface area (Å²) >= 11 is 0. The molecule has 0 saturated heterocycles. The van der Waals surface area contributed by atoms with Crippen molar-refractivity contribution in [1.82, 2.24) is 0 Å². The van der Waals surface area contributed by atoms with E-state index in [4.69, 9.17) is 5.11 Å². The van der Waals surface area contributed by atoms with E-state index in [-0.39, 0.29) is 6.61 Å². The Balaban J connectivity index is 2.83. The topological polar surface area (TPSA) is 20.2 Å². The summed E-state index contributed by atoms with van der Waals surface area (Å²) in [5.74, 6) is 0. The highest BCUT2D eigenvalue weighted by Crippen LogP contribution is 1.96. The van der Waals surface area contributed by atoms with Crippen LogP contribution >= 0.6 is 0 Å². The summed E-state index contributed by atoms with van der Waals surface area (Å²) in [6.07, 6.45) is 0. The van der Waals surface area contributed by atoms with Crippen molar-refractivity contribution in [3.63, 3.8) is 0 Å². The van der Waals surface area contributed by atoms with Gasteiger partial charge in [-0.05, 0) is 5.56 Å². The van der Waals surface area contributed by atoms with Crippen LogP contribution in [0.15, 0.2) is 24.3 Å². The van der Waals surface area contributed by atoms with Crippen LogP contribution in [0, 0.1) is 0 Å². The maximum Gasteiger partial charge on any atom is 0.0681 e. The van der Waals surface area contributed by atoms with E-state index < -0.39 is 8.80 Å². The van der Waals surface area contributed by atoms with Crippen LogP contribution in [0.4, 0.5) is 0 Å². The van der Waals surface area contributed by atoms with Gasteiger partial charge in [0.2, 0.25) is 0 Å². The van der Waals surface area contributed by atoms with Crippen molar-refractivity contribution in [2.75, 3.05) is 0 Å². The summed E-state index contributed by atoms with van der Waals surface area (Å²) in [5.41, 5.74) is 1.00. The normalized spacial score (nSPS) is 10.5. The third kappa shape index (κ3) is 2.17. The van der Waals surface area contributed by atoms with Crippen molar-refractivity contribution in [1.29, 1.82) is 0 Å². The minimum Gasteiger partial charge on any atom is -0.392 e. The number of benzene rings is 1. The molecule has 1 N–H and O–H groups in total. The van der Waals surface area contributed by atoms with Gasteiger partial charge in [0.15, 0.2) is 0 Å². The highest BCUT2D eigenvalue weighted by Gasteiger charge is 1.98. The summed E-state index contributed by atoms with van der Waals surface area (Å²) < 4.78 is 0. The summed E-state index contributed by atoms with van der Waals surface area (Å²) in [5, 5.41) is 10.2. The van der Waals surface area contributed by atoms with Gasteiger partial charge in [-0.15, -0.1) is 0 Å². The Labute approximate surface area is 69.3 Å². The Hall–Kier alpha value is -0.603. The van der Waals surface area contributed by atoms with Gasteiger partial charge in [-0.25, -0.2) is 0 Å². The lowest BCUT2D eigenvalue weighted by Gasteiger charge is -2.03. The van der Waals surface area contributed by atoms with E-state index >= 15 is 0 Å². The van der Waals surface area contributed by atoms with Crippen molar-refractivity contribution in [2.24, 2.45) is 0 Å². The maximum absolute atomic E-state index is 8.78. The first-order chi connectivity index (χ1) is 5.24. The minimum atomic E-state index is -0.642. The summed E-state index contributed by atoms with van der Waals surface area (Å²) in [6, 6.07) is 8.26. The van der Waals surface area contributed by atoms with E-state index in [1.807, 2.05) is 12.1 Å². The van der Waals surface area contributed by atoms with Crippen LogP contribution in [0.25, 0.3) is 0 Å². The molecule has 1 rings (SSSR count). The van der Waals surface area contributed by atoms with Gasteiger partial charge in [-0.1, -0.05) is 42.5 Å². The number of aliphatic hydroxyl groups excluding tert-OH is 1. The molecular formula is C9H14OSi. The average molecular weight is 166 g/mol. The quantitative estimate of drug-likeness (QED) is 0.646. The van der Waals surface area contributed by atoms with Crippen molar-refractivity contribution in [3.8, 4) is 0 Å². The van der Waals surface area contributed by atoms with E-state index in [9.17, 15) is 0 Å². The van der Waals surface area contributed by atoms with Crippen LogP contribution in [-0.4, -0.2) is 13.9 Å². The van der Waals surface area contributed by atoms with E-state index in [0.717, 1.165) is 5.56 Å². The van der Waals surface area contributed by atoms with Gasteiger partial charge in [-0.3, -0.25) is 0 Å². The second-order valence-corrected chi connectivity index (χ2v) is 6.03. The first kappa shape index (κ1) is 8.49. The van der Waals surface area contributed by atoms with Crippen molar-refractivity contribution in [2.45, 2.75) is 19.7 Å². The molecule has 1 nitrogen and oxygen atoms in total. The predicted octanol–water partition coefficient (Wildman–Crippen LogP) is 0.873. The summed E-state index contributed by atoms with van der Waals surface area (Å²) in [4.78, 5) is 0. The first-order valence-corrected chi connectivity index (χ1v) is 6.82. The van der Waals surface area contributed by atoms with E-state index in [0.29, 0.717) is 0 Å². The Morgan fingerprint density at radius 3 is 2.09 bits per heavy atom. The molecule has 0 heterocycles. The number of hydrogen-bond donors (Lipinski definition) is 1. The SMILES string of the molecule is C[SiH](C)c1ccc(CO)cc1. The number of hydrogen-bond acceptors (Lipinski definition) is 1. The second-order valence-electron chi connectivity index (χ2n) is 3.05. The zero-order valence-electron chi connectivity index (χ0n) is 7.04. The number of aliphatic hydroxyl groups is 1. The Bertz CT molecular complexity index is 216. The molecule has 1 aromatic rings. The molecule has 1 aromatic carbocycles. The van der Waals surface area contributed by atoms with Gasteiger partial charge in [0.1, 0.15) is 0 Å². The van der Waals surface area contributed by atoms with Crippen molar-refractivity contribution < 1.29 is 5.11 Å². The molecule has 0 bridgehead atoms. The zero-order chi connectivity index (χ0) is 8.27. The van der Waals surface area contributed by atoms with Crippen LogP contribution in [0.5, 0.6) is 0 Å². The average Bonchev–Trinajstić information content (AvgIpc) is 2.05. The van der Waals surface area contributed by atoms with Gasteiger partial charge in [0.05, 0.1) is 15.4 Å². The van der Waals surface area contributed by atoms with Crippen LogP contribution in [0.3, 0.4) is 0 Å². The fraction of sp³-hybridized carbons (Fsp3) is 0.333. The van der Waals surface area contributed by atoms with Gasteiger partial charge in [0.25, 0.3) is 0 Å². The highest BCUT2D eigenvalue weighted by molar-refractivity contribution is 6.70. The standard InChI is InChI=1S/C9H14OSi/c1-11(2)9-5-3-8(7-10)4-6-9/h3-6,10-11H,7H2,1-2H3. The lowest BCUT2D eigenvalue weighted by atomic mass is 10.2. The third-order valence-corrected chi connectivity index (χ3v) is 3.55. The number of rotatable bonds is 2. The summed E-state index contributed by atoms with van der Waals surface area (Å²) in [6.45, 7) is 4.75. The molecule has 2 heteroatoms. The Kier molecular flexibility index (Phi) is 2.85. The highest BCUT2D eigenvalue weighted by atomic mass is 28.3. The molecule has 0 aliphatic rings. The fourth-order valence-corrected chi connectivity index (χ4v) is 1.97. The van der Waals surface area contributed by atoms with Crippen LogP contribution in [-0.2, 0) is 6.61 Å². The predicted molar refractivity (Wildman–Crippen MR) is 50.9 cm³/mol. The molecule has 0 amide bonds. The van der Waals surface area contributed by atoms with E-state index in [2.05, 4.69) is 25.2 Å². The van der Waals surface area contributed by atoms with Crippen LogP contribution in [0.1, 0.15) is 5.56 Å². The van der Waals surface area contributed by atoms with Crippen molar-refractivity contribution >= 4 is 14.0 Å². The van der Waals surface area contributed by atoms with Crippen LogP contribution in [0.2, 0.25) is 13.1 Å². The lowest BCUT2D eigenvalue weighted by Crippen LogP contribution is -2.21. The Morgan fingerprint density at radius 1 is 1.18 bits per heavy atom. The van der Waals surface area contributed by atoms with Gasteiger partial charge < -0.3 is 5.11 Å². The van der Waals surface area contributed by atoms with Gasteiger partial charge in [0, 0.05) is 0 Å². The molecule has 0 atom stereocenters. The molecule has 0 fully saturated rings. The molecule has 0 unspecified atom stereocenters. The van der Waals surface area contributed by atoms with Crippen LogP contribution < -0.4 is 5.19 Å². The van der Waals surface area contributed by atoms with Gasteiger partial charge >= 0.3 is 0 Å². The van der Waals surface area contributed by atoms with Gasteiger partial charge in [-0.2, -0.15) is 0 Å². The maximum atomic E-state index is 8.78. The molecule has 0 aliphatic heterocycles. The summed E-state index contributed by atoms with van der Waals surface area (Å²) in [7, 11) is -0.642. The zero-order valence-corrected chi connectivity index (χ0v) is 8.20. The lowest BCUT2D eigenvalue weighted by molar-refractivity contribution is 0.282. The molecule has 11 heavy (non-hydrogen) atoms. The molecule has 0 spiro atoms. The molecule has 0 aliphatic carbocycles. The second kappa shape index (κ2) is 3.69. The molecule has 0 radical (unpaired) electrons. The van der Waals surface area contributed by atoms with Crippen molar-refractivity contribution in [3.05, 3.63) is 29.8 Å². The molecule has 60 valence electrons. The smallest absolute Gasteiger partial charge is 0.0681 e. The van der Waals surface area contributed by atoms with E-state index in [1.54, 1.807) is 0 Å². The fourth-order valence-electron chi connectivity index (χ4n) is 1.01. The minimum absolute atomic E-state index is 0.153. The third-order valence-electron chi connectivity index (χ3n) is 1.83.